The lowest BCUT2D eigenvalue weighted by Crippen LogP contribution is -2.74. The number of nitrogens with zero attached hydrogens (tertiary/aromatic N) is 2. The van der Waals surface area contributed by atoms with Crippen LogP contribution in [0.3, 0.4) is 0 Å². The minimum atomic E-state index is -0.297. The van der Waals surface area contributed by atoms with Gasteiger partial charge in [0.15, 0.2) is 0 Å². The molecular formula is C23H27FN2O2. The average Bonchev–Trinajstić information content (AvgIpc) is 2.69. The smallest absolute Gasteiger partial charge is 0.226 e. The standard InChI is InChI=1S/C23H27FN2O2/c1-17-6-8-20(9-7-17)26-16-21(28-2)23(26)10-12-25(13-11-23)22(27)15-18-4-3-5-19(24)14-18/h3-9,14,21H,10-13,15-16H2,1-2H3. The highest BCUT2D eigenvalue weighted by molar-refractivity contribution is 5.79. The monoisotopic (exact) mass is 382 g/mol. The van der Waals surface area contributed by atoms with E-state index in [0.717, 1.165) is 24.9 Å². The molecule has 0 radical (unpaired) electrons. The molecular weight excluding hydrogens is 355 g/mol. The van der Waals surface area contributed by atoms with Gasteiger partial charge in [-0.25, -0.2) is 4.39 Å². The van der Waals surface area contributed by atoms with E-state index in [-0.39, 0.29) is 29.8 Å². The lowest BCUT2D eigenvalue weighted by molar-refractivity contribution is -0.134. The molecule has 2 saturated heterocycles. The van der Waals surface area contributed by atoms with Crippen molar-refractivity contribution in [2.45, 2.75) is 37.8 Å². The van der Waals surface area contributed by atoms with Crippen molar-refractivity contribution in [3.63, 3.8) is 0 Å². The largest absolute Gasteiger partial charge is 0.377 e. The van der Waals surface area contributed by atoms with Gasteiger partial charge in [0.2, 0.25) is 5.91 Å². The molecule has 0 saturated carbocycles. The number of rotatable bonds is 4. The summed E-state index contributed by atoms with van der Waals surface area (Å²) in [7, 11) is 1.78. The van der Waals surface area contributed by atoms with Crippen LogP contribution >= 0.6 is 0 Å². The van der Waals surface area contributed by atoms with Gasteiger partial charge in [-0.05, 0) is 49.6 Å². The Morgan fingerprint density at radius 2 is 1.89 bits per heavy atom. The summed E-state index contributed by atoms with van der Waals surface area (Å²) in [6.07, 6.45) is 2.21. The van der Waals surface area contributed by atoms with E-state index in [1.807, 2.05) is 4.90 Å². The molecule has 2 aromatic rings. The zero-order valence-electron chi connectivity index (χ0n) is 16.5. The molecule has 2 aliphatic rings. The number of carbonyl (C=O) groups is 1. The summed E-state index contributed by atoms with van der Waals surface area (Å²) in [4.78, 5) is 17.0. The lowest BCUT2D eigenvalue weighted by atomic mass is 9.73. The quantitative estimate of drug-likeness (QED) is 0.810. The lowest BCUT2D eigenvalue weighted by Gasteiger charge is -2.61. The van der Waals surface area contributed by atoms with Crippen LogP contribution in [0.15, 0.2) is 48.5 Å². The van der Waals surface area contributed by atoms with Crippen LogP contribution < -0.4 is 4.90 Å². The fraction of sp³-hybridized carbons (Fsp3) is 0.435. The van der Waals surface area contributed by atoms with Gasteiger partial charge in [0.25, 0.3) is 0 Å². The van der Waals surface area contributed by atoms with E-state index in [1.165, 1.54) is 23.4 Å². The SMILES string of the molecule is COC1CN(c2ccc(C)cc2)C12CCN(C(=O)Cc1cccc(F)c1)CC2. The van der Waals surface area contributed by atoms with E-state index in [2.05, 4.69) is 36.1 Å². The van der Waals surface area contributed by atoms with Crippen molar-refractivity contribution in [3.05, 3.63) is 65.5 Å². The molecule has 28 heavy (non-hydrogen) atoms. The molecule has 148 valence electrons. The first-order valence-electron chi connectivity index (χ1n) is 9.91. The maximum Gasteiger partial charge on any atom is 0.226 e. The number of aryl methyl sites for hydroxylation is 1. The third kappa shape index (κ3) is 3.39. The van der Waals surface area contributed by atoms with E-state index in [1.54, 1.807) is 19.2 Å². The van der Waals surface area contributed by atoms with E-state index in [9.17, 15) is 9.18 Å². The molecule has 4 rings (SSSR count). The number of hydrogen-bond donors (Lipinski definition) is 0. The third-order valence-corrected chi connectivity index (χ3v) is 6.34. The Kier molecular flexibility index (Phi) is 5.11. The van der Waals surface area contributed by atoms with Crippen LogP contribution in [0.2, 0.25) is 0 Å². The first-order chi connectivity index (χ1) is 13.5. The predicted octanol–water partition coefficient (Wildman–Crippen LogP) is 3.57. The Bertz CT molecular complexity index is 844. The number of methoxy groups -OCH3 is 1. The molecule has 2 aromatic carbocycles. The summed E-state index contributed by atoms with van der Waals surface area (Å²) in [5.41, 5.74) is 3.16. The normalized spacial score (nSPS) is 20.9. The molecule has 4 nitrogen and oxygen atoms in total. The Hall–Kier alpha value is -2.40. The van der Waals surface area contributed by atoms with Crippen LogP contribution in [-0.2, 0) is 16.0 Å². The second kappa shape index (κ2) is 7.55. The number of anilines is 1. The molecule has 1 unspecified atom stereocenters. The molecule has 2 heterocycles. The summed E-state index contributed by atoms with van der Waals surface area (Å²) in [6, 6.07) is 14.9. The first-order valence-corrected chi connectivity index (χ1v) is 9.91. The number of hydrogen-bond acceptors (Lipinski definition) is 3. The van der Waals surface area contributed by atoms with Gasteiger partial charge < -0.3 is 14.5 Å². The minimum Gasteiger partial charge on any atom is -0.377 e. The first kappa shape index (κ1) is 18.9. The highest BCUT2D eigenvalue weighted by atomic mass is 19.1. The van der Waals surface area contributed by atoms with Crippen molar-refractivity contribution in [2.75, 3.05) is 31.6 Å². The fourth-order valence-electron chi connectivity index (χ4n) is 4.63. The third-order valence-electron chi connectivity index (χ3n) is 6.34. The number of carbonyl (C=O) groups excluding carboxylic acids is 1. The van der Waals surface area contributed by atoms with Gasteiger partial charge in [-0.15, -0.1) is 0 Å². The number of halogens is 1. The van der Waals surface area contributed by atoms with Crippen molar-refractivity contribution in [2.24, 2.45) is 0 Å². The Labute approximate surface area is 165 Å². The molecule has 5 heteroatoms. The summed E-state index contributed by atoms with van der Waals surface area (Å²) < 4.78 is 19.2. The van der Waals surface area contributed by atoms with Gasteiger partial charge in [-0.3, -0.25) is 4.79 Å². The molecule has 1 amide bonds. The molecule has 0 N–H and O–H groups in total. The second-order valence-electron chi connectivity index (χ2n) is 7.96. The van der Waals surface area contributed by atoms with Crippen molar-refractivity contribution in [1.29, 1.82) is 0 Å². The van der Waals surface area contributed by atoms with Gasteiger partial charge >= 0.3 is 0 Å². The molecule has 1 atom stereocenters. The Morgan fingerprint density at radius 1 is 1.18 bits per heavy atom. The van der Waals surface area contributed by atoms with Crippen LogP contribution in [-0.4, -0.2) is 49.2 Å². The molecule has 1 spiro atoms. The van der Waals surface area contributed by atoms with Gasteiger partial charge in [0.1, 0.15) is 5.82 Å². The van der Waals surface area contributed by atoms with Crippen LogP contribution in [0, 0.1) is 12.7 Å². The van der Waals surface area contributed by atoms with Crippen molar-refractivity contribution in [1.82, 2.24) is 4.90 Å². The van der Waals surface area contributed by atoms with Crippen LogP contribution in [0.5, 0.6) is 0 Å². The topological polar surface area (TPSA) is 32.8 Å². The predicted molar refractivity (Wildman–Crippen MR) is 108 cm³/mol. The van der Waals surface area contributed by atoms with E-state index >= 15 is 0 Å². The number of benzene rings is 2. The van der Waals surface area contributed by atoms with Crippen LogP contribution in [0.25, 0.3) is 0 Å². The molecule has 0 bridgehead atoms. The van der Waals surface area contributed by atoms with Crippen molar-refractivity contribution >= 4 is 11.6 Å². The highest BCUT2D eigenvalue weighted by Crippen LogP contribution is 2.44. The molecule has 0 aromatic heterocycles. The number of likely N-dealkylation sites (tertiary alicyclic amines) is 1. The highest BCUT2D eigenvalue weighted by Gasteiger charge is 2.55. The Balaban J connectivity index is 1.43. The summed E-state index contributed by atoms with van der Waals surface area (Å²) in [5.74, 6) is -0.232. The number of piperidine rings is 1. The summed E-state index contributed by atoms with van der Waals surface area (Å²) >= 11 is 0. The molecule has 2 fully saturated rings. The van der Waals surface area contributed by atoms with Gasteiger partial charge in [-0.2, -0.15) is 0 Å². The van der Waals surface area contributed by atoms with E-state index < -0.39 is 0 Å². The number of ether oxygens (including phenoxy) is 1. The van der Waals surface area contributed by atoms with Gasteiger partial charge in [-0.1, -0.05) is 29.8 Å². The maximum atomic E-state index is 13.4. The second-order valence-corrected chi connectivity index (χ2v) is 7.96. The summed E-state index contributed by atoms with van der Waals surface area (Å²) in [6.45, 7) is 4.39. The Morgan fingerprint density at radius 3 is 2.54 bits per heavy atom. The van der Waals surface area contributed by atoms with E-state index in [0.29, 0.717) is 13.1 Å². The number of amides is 1. The van der Waals surface area contributed by atoms with Crippen LogP contribution in [0.1, 0.15) is 24.0 Å². The van der Waals surface area contributed by atoms with Crippen molar-refractivity contribution < 1.29 is 13.9 Å². The van der Waals surface area contributed by atoms with Gasteiger partial charge in [0.05, 0.1) is 18.1 Å². The zero-order chi connectivity index (χ0) is 19.7. The maximum absolute atomic E-state index is 13.4. The van der Waals surface area contributed by atoms with Crippen LogP contribution in [0.4, 0.5) is 10.1 Å². The zero-order valence-corrected chi connectivity index (χ0v) is 16.5. The average molecular weight is 382 g/mol. The fourth-order valence-corrected chi connectivity index (χ4v) is 4.63. The minimum absolute atomic E-state index is 0.0420. The molecule has 0 aliphatic carbocycles. The van der Waals surface area contributed by atoms with Crippen molar-refractivity contribution in [3.8, 4) is 0 Å². The van der Waals surface area contributed by atoms with Gasteiger partial charge in [0, 0.05) is 32.4 Å². The summed E-state index contributed by atoms with van der Waals surface area (Å²) in [5, 5.41) is 0. The van der Waals surface area contributed by atoms with E-state index in [4.69, 9.17) is 4.74 Å². The molecule has 2 aliphatic heterocycles.